The van der Waals surface area contributed by atoms with Crippen molar-refractivity contribution >= 4 is 40.5 Å². The van der Waals surface area contributed by atoms with E-state index in [1.54, 1.807) is 37.3 Å². The van der Waals surface area contributed by atoms with Crippen molar-refractivity contribution in [2.75, 3.05) is 16.8 Å². The van der Waals surface area contributed by atoms with E-state index in [4.69, 9.17) is 4.74 Å². The molecule has 1 aromatic heterocycles. The van der Waals surface area contributed by atoms with Crippen molar-refractivity contribution in [1.29, 1.82) is 0 Å². The van der Waals surface area contributed by atoms with Crippen LogP contribution in [0.1, 0.15) is 27.9 Å². The van der Waals surface area contributed by atoms with Gasteiger partial charge in [-0.25, -0.2) is 4.79 Å². The van der Waals surface area contributed by atoms with Crippen LogP contribution < -0.4 is 10.2 Å². The largest absolute Gasteiger partial charge is 0.451 e. The first-order valence-electron chi connectivity index (χ1n) is 7.90. The molecule has 0 radical (unpaired) electrons. The Balaban J connectivity index is 1.76. The smallest absolute Gasteiger partial charge is 0.348 e. The van der Waals surface area contributed by atoms with Gasteiger partial charge in [-0.2, -0.15) is 0 Å². The van der Waals surface area contributed by atoms with E-state index in [2.05, 4.69) is 5.32 Å². The number of ether oxygens (including phenoxy) is 1. The number of hydrogen-bond donors (Lipinski definition) is 1. The van der Waals surface area contributed by atoms with Crippen molar-refractivity contribution < 1.29 is 19.1 Å². The summed E-state index contributed by atoms with van der Waals surface area (Å²) in [6, 6.07) is 10.3. The molecule has 0 fully saturated rings. The summed E-state index contributed by atoms with van der Waals surface area (Å²) in [5.74, 6) is -1.03. The van der Waals surface area contributed by atoms with Crippen LogP contribution in [0.5, 0.6) is 0 Å². The Morgan fingerprint density at radius 1 is 1.28 bits per heavy atom. The summed E-state index contributed by atoms with van der Waals surface area (Å²) in [7, 11) is 0. The molecule has 3 rings (SSSR count). The Morgan fingerprint density at radius 3 is 2.76 bits per heavy atom. The number of nitrogens with one attached hydrogen (secondary N) is 1. The van der Waals surface area contributed by atoms with Crippen molar-refractivity contribution in [1.82, 2.24) is 0 Å². The molecule has 1 aromatic carbocycles. The van der Waals surface area contributed by atoms with Gasteiger partial charge in [-0.3, -0.25) is 9.59 Å². The van der Waals surface area contributed by atoms with E-state index in [0.717, 1.165) is 4.88 Å². The number of aryl methyl sites for hydroxylation is 1. The number of amides is 2. The molecule has 2 heterocycles. The summed E-state index contributed by atoms with van der Waals surface area (Å²) in [6.45, 7) is 3.32. The zero-order valence-electron chi connectivity index (χ0n) is 13.9. The summed E-state index contributed by atoms with van der Waals surface area (Å²) in [5.41, 5.74) is 1.18. The Labute approximate surface area is 149 Å². The van der Waals surface area contributed by atoms with Gasteiger partial charge in [-0.1, -0.05) is 12.1 Å². The highest BCUT2D eigenvalue weighted by molar-refractivity contribution is 7.13. The van der Waals surface area contributed by atoms with E-state index in [1.807, 2.05) is 13.0 Å². The van der Waals surface area contributed by atoms with Gasteiger partial charge in [0, 0.05) is 17.3 Å². The average molecular weight is 358 g/mol. The molecule has 0 saturated carbocycles. The predicted molar refractivity (Wildman–Crippen MR) is 96.0 cm³/mol. The Kier molecular flexibility index (Phi) is 4.85. The molecule has 1 aliphatic rings. The first-order chi connectivity index (χ1) is 12.0. The third-order valence-electron chi connectivity index (χ3n) is 3.90. The van der Waals surface area contributed by atoms with Crippen molar-refractivity contribution in [2.24, 2.45) is 0 Å². The lowest BCUT2D eigenvalue weighted by Gasteiger charge is -2.27. The van der Waals surface area contributed by atoms with Crippen molar-refractivity contribution in [3.05, 3.63) is 46.2 Å². The van der Waals surface area contributed by atoms with Gasteiger partial charge in [-0.15, -0.1) is 11.3 Å². The van der Waals surface area contributed by atoms with Crippen LogP contribution in [0, 0.1) is 6.92 Å². The van der Waals surface area contributed by atoms with Crippen LogP contribution in [0.25, 0.3) is 0 Å². The van der Waals surface area contributed by atoms with Crippen molar-refractivity contribution in [2.45, 2.75) is 26.3 Å². The fourth-order valence-electron chi connectivity index (χ4n) is 2.78. The third kappa shape index (κ3) is 3.71. The number of carbonyl (C=O) groups is 3. The lowest BCUT2D eigenvalue weighted by molar-refractivity contribution is -0.122. The third-order valence-corrected chi connectivity index (χ3v) is 4.88. The maximum Gasteiger partial charge on any atom is 0.348 e. The summed E-state index contributed by atoms with van der Waals surface area (Å²) >= 11 is 1.32. The Bertz CT molecular complexity index is 830. The number of para-hydroxylation sites is 2. The van der Waals surface area contributed by atoms with Crippen molar-refractivity contribution in [3.8, 4) is 0 Å². The molecule has 0 spiro atoms. The molecule has 7 heteroatoms. The second-order valence-electron chi connectivity index (χ2n) is 5.87. The highest BCUT2D eigenvalue weighted by atomic mass is 32.1. The number of anilines is 2. The number of esters is 1. The lowest BCUT2D eigenvalue weighted by atomic mass is 10.1. The summed E-state index contributed by atoms with van der Waals surface area (Å²) in [5, 5.41) is 2.79. The number of carbonyl (C=O) groups excluding carboxylic acids is 3. The van der Waals surface area contributed by atoms with Crippen molar-refractivity contribution in [3.63, 3.8) is 0 Å². The monoisotopic (exact) mass is 358 g/mol. The van der Waals surface area contributed by atoms with E-state index >= 15 is 0 Å². The van der Waals surface area contributed by atoms with Crippen LogP contribution in [-0.2, 0) is 14.3 Å². The minimum absolute atomic E-state index is 0.152. The molecule has 2 aromatic rings. The van der Waals surface area contributed by atoms with E-state index in [-0.39, 0.29) is 30.9 Å². The molecule has 1 N–H and O–H groups in total. The molecular formula is C18H18N2O4S. The van der Waals surface area contributed by atoms with Crippen LogP contribution in [0.15, 0.2) is 36.4 Å². The maximum atomic E-state index is 12.7. The number of benzene rings is 1. The van der Waals surface area contributed by atoms with E-state index in [1.165, 1.54) is 16.2 Å². The molecule has 1 atom stereocenters. The van der Waals surface area contributed by atoms with Crippen LogP contribution in [0.3, 0.4) is 0 Å². The van der Waals surface area contributed by atoms with Gasteiger partial charge < -0.3 is 15.0 Å². The maximum absolute atomic E-state index is 12.7. The quantitative estimate of drug-likeness (QED) is 0.856. The van der Waals surface area contributed by atoms with Gasteiger partial charge in [0.1, 0.15) is 4.88 Å². The van der Waals surface area contributed by atoms with E-state index in [9.17, 15) is 14.4 Å². The highest BCUT2D eigenvalue weighted by Gasteiger charge is 2.30. The topological polar surface area (TPSA) is 75.7 Å². The van der Waals surface area contributed by atoms with Crippen LogP contribution in [0.2, 0.25) is 0 Å². The number of rotatable bonds is 3. The molecule has 0 saturated heterocycles. The van der Waals surface area contributed by atoms with Crippen LogP contribution in [-0.4, -0.2) is 30.4 Å². The molecular weight excluding hydrogens is 340 g/mol. The van der Waals surface area contributed by atoms with Gasteiger partial charge >= 0.3 is 5.97 Å². The zero-order valence-corrected chi connectivity index (χ0v) is 14.8. The number of thiophene rings is 1. The molecule has 1 aliphatic heterocycles. The number of nitrogens with zero attached hydrogens (tertiary/aromatic N) is 1. The standard InChI is InChI=1S/C18H18N2O4S/c1-11-9-16(21)19-13-5-3-4-6-14(13)20(11)17(22)10-24-18(23)15-8-7-12(2)25-15/h3-8,11H,9-10H2,1-2H3,(H,19,21). The predicted octanol–water partition coefficient (Wildman–Crippen LogP) is 2.98. The fraction of sp³-hybridized carbons (Fsp3) is 0.278. The van der Waals surface area contributed by atoms with Crippen LogP contribution in [0.4, 0.5) is 11.4 Å². The second-order valence-corrected chi connectivity index (χ2v) is 7.16. The van der Waals surface area contributed by atoms with Gasteiger partial charge in [0.05, 0.1) is 11.4 Å². The summed E-state index contributed by atoms with van der Waals surface area (Å²) < 4.78 is 5.16. The molecule has 0 aliphatic carbocycles. The minimum Gasteiger partial charge on any atom is -0.451 e. The molecule has 1 unspecified atom stereocenters. The highest BCUT2D eigenvalue weighted by Crippen LogP contribution is 2.31. The zero-order chi connectivity index (χ0) is 18.0. The minimum atomic E-state index is -0.517. The van der Waals surface area contributed by atoms with E-state index in [0.29, 0.717) is 16.3 Å². The summed E-state index contributed by atoms with van der Waals surface area (Å²) in [6.07, 6.45) is 0.179. The molecule has 6 nitrogen and oxygen atoms in total. The average Bonchev–Trinajstić information content (AvgIpc) is 2.95. The number of hydrogen-bond acceptors (Lipinski definition) is 5. The molecule has 25 heavy (non-hydrogen) atoms. The van der Waals surface area contributed by atoms with Gasteiger partial charge in [-0.05, 0) is 38.1 Å². The fourth-order valence-corrected chi connectivity index (χ4v) is 3.54. The van der Waals surface area contributed by atoms with Gasteiger partial charge in [0.2, 0.25) is 5.91 Å². The molecule has 130 valence electrons. The molecule has 0 bridgehead atoms. The van der Waals surface area contributed by atoms with Gasteiger partial charge in [0.25, 0.3) is 5.91 Å². The first kappa shape index (κ1) is 17.2. The Hall–Kier alpha value is -2.67. The normalized spacial score (nSPS) is 16.6. The SMILES string of the molecule is Cc1ccc(C(=O)OCC(=O)N2c3ccccc3NC(=O)CC2C)s1. The van der Waals surface area contributed by atoms with Gasteiger partial charge in [0.15, 0.2) is 6.61 Å². The lowest BCUT2D eigenvalue weighted by Crippen LogP contribution is -2.41. The second kappa shape index (κ2) is 7.06. The van der Waals surface area contributed by atoms with Crippen LogP contribution >= 0.6 is 11.3 Å². The summed E-state index contributed by atoms with van der Waals surface area (Å²) in [4.78, 5) is 39.6. The number of fused-ring (bicyclic) bond motifs is 1. The Morgan fingerprint density at radius 2 is 2.04 bits per heavy atom. The molecule has 2 amide bonds. The first-order valence-corrected chi connectivity index (χ1v) is 8.72. The van der Waals surface area contributed by atoms with E-state index < -0.39 is 5.97 Å².